The summed E-state index contributed by atoms with van der Waals surface area (Å²) in [5, 5.41) is 0. The van der Waals surface area contributed by atoms with E-state index in [9.17, 15) is 19.0 Å². The van der Waals surface area contributed by atoms with Crippen LogP contribution in [0, 0.1) is 0 Å². The first-order valence-electron chi connectivity index (χ1n) is 32.2. The molecular weight excluding hydrogens is 1040 g/mol. The van der Waals surface area contributed by atoms with Gasteiger partial charge in [-0.15, -0.1) is 0 Å². The third-order valence-electron chi connectivity index (χ3n) is 13.0. The van der Waals surface area contributed by atoms with Gasteiger partial charge in [-0.2, -0.15) is 0 Å². The van der Waals surface area contributed by atoms with Crippen molar-refractivity contribution in [3.63, 3.8) is 0 Å². The highest BCUT2D eigenvalue weighted by atomic mass is 31.2. The van der Waals surface area contributed by atoms with Gasteiger partial charge in [-0.3, -0.25) is 18.6 Å². The summed E-state index contributed by atoms with van der Waals surface area (Å²) < 4.78 is 34.5. The predicted octanol–water partition coefficient (Wildman–Crippen LogP) is 20.8. The van der Waals surface area contributed by atoms with E-state index < -0.39 is 26.5 Å². The number of phosphoric ester groups is 1. The molecule has 0 amide bonds. The van der Waals surface area contributed by atoms with Gasteiger partial charge in [0, 0.05) is 12.8 Å². The number of carbonyl (C=O) groups is 2. The van der Waals surface area contributed by atoms with Crippen LogP contribution in [-0.4, -0.2) is 74.9 Å². The first-order valence-corrected chi connectivity index (χ1v) is 33.7. The molecule has 0 aliphatic heterocycles. The molecule has 0 aliphatic rings. The molecule has 464 valence electrons. The van der Waals surface area contributed by atoms with Gasteiger partial charge in [-0.1, -0.05) is 249 Å². The highest BCUT2D eigenvalue weighted by Crippen LogP contribution is 2.43. The summed E-state index contributed by atoms with van der Waals surface area (Å²) >= 11 is 0. The van der Waals surface area contributed by atoms with E-state index >= 15 is 0 Å². The molecule has 0 radical (unpaired) electrons. The van der Waals surface area contributed by atoms with Gasteiger partial charge in [0.1, 0.15) is 19.8 Å². The summed E-state index contributed by atoms with van der Waals surface area (Å²) in [7, 11) is 1.43. The number of esters is 2. The Morgan fingerprint density at radius 2 is 0.695 bits per heavy atom. The van der Waals surface area contributed by atoms with E-state index in [0.29, 0.717) is 17.4 Å². The van der Waals surface area contributed by atoms with Gasteiger partial charge in [0.15, 0.2) is 6.10 Å². The zero-order valence-electron chi connectivity index (χ0n) is 52.7. The van der Waals surface area contributed by atoms with Crippen molar-refractivity contribution in [3.05, 3.63) is 158 Å². The zero-order chi connectivity index (χ0) is 59.8. The first-order chi connectivity index (χ1) is 40.0. The molecule has 0 aromatic heterocycles. The Balaban J connectivity index is 4.24. The molecule has 9 nitrogen and oxygen atoms in total. The molecule has 1 N–H and O–H groups in total. The van der Waals surface area contributed by atoms with Gasteiger partial charge in [0.05, 0.1) is 27.7 Å². The molecule has 0 bridgehead atoms. The number of hydrogen-bond donors (Lipinski definition) is 1. The number of allylic oxidation sites excluding steroid dienone is 26. The second-order valence-corrected chi connectivity index (χ2v) is 23.5. The average molecular weight is 1160 g/mol. The Bertz CT molecular complexity index is 1940. The van der Waals surface area contributed by atoms with Crippen molar-refractivity contribution < 1.29 is 42.1 Å². The second kappa shape index (κ2) is 61.2. The van der Waals surface area contributed by atoms with Gasteiger partial charge >= 0.3 is 19.8 Å². The number of quaternary nitrogens is 1. The Morgan fingerprint density at radius 1 is 0.390 bits per heavy atom. The Morgan fingerprint density at radius 3 is 1.07 bits per heavy atom. The van der Waals surface area contributed by atoms with Crippen LogP contribution in [-0.2, 0) is 32.7 Å². The second-order valence-electron chi connectivity index (χ2n) is 22.1. The van der Waals surface area contributed by atoms with Crippen LogP contribution in [0.1, 0.15) is 232 Å². The zero-order valence-corrected chi connectivity index (χ0v) is 53.6. The van der Waals surface area contributed by atoms with Crippen LogP contribution in [0.25, 0.3) is 0 Å². The monoisotopic (exact) mass is 1160 g/mol. The number of likely N-dealkylation sites (N-methyl/N-ethyl adjacent to an activating group) is 1. The maximum Gasteiger partial charge on any atom is 0.472 e. The van der Waals surface area contributed by atoms with E-state index in [0.717, 1.165) is 109 Å². The Kier molecular flexibility index (Phi) is 57.9. The van der Waals surface area contributed by atoms with E-state index in [4.69, 9.17) is 18.5 Å². The van der Waals surface area contributed by atoms with Crippen LogP contribution in [0.2, 0.25) is 0 Å². The molecule has 0 aromatic rings. The summed E-state index contributed by atoms with van der Waals surface area (Å²) in [5.41, 5.74) is 0. The molecule has 0 aromatic carbocycles. The number of hydrogen-bond acceptors (Lipinski definition) is 7. The van der Waals surface area contributed by atoms with Crippen molar-refractivity contribution in [2.45, 2.75) is 238 Å². The first kappa shape index (κ1) is 77.6. The summed E-state index contributed by atoms with van der Waals surface area (Å²) in [5.74, 6) is -0.860. The number of unbranched alkanes of at least 4 members (excludes halogenated alkanes) is 17. The third-order valence-corrected chi connectivity index (χ3v) is 14.0. The minimum absolute atomic E-state index is 0.0147. The number of rotatable bonds is 57. The fourth-order valence-electron chi connectivity index (χ4n) is 8.11. The van der Waals surface area contributed by atoms with Gasteiger partial charge in [-0.05, 0) is 128 Å². The van der Waals surface area contributed by atoms with Crippen molar-refractivity contribution in [3.8, 4) is 0 Å². The minimum atomic E-state index is -4.41. The van der Waals surface area contributed by atoms with Crippen molar-refractivity contribution in [2.75, 3.05) is 47.5 Å². The fourth-order valence-corrected chi connectivity index (χ4v) is 8.85. The molecule has 0 spiro atoms. The predicted molar refractivity (Wildman–Crippen MR) is 353 cm³/mol. The summed E-state index contributed by atoms with van der Waals surface area (Å²) in [6.07, 6.45) is 91.9. The van der Waals surface area contributed by atoms with E-state index in [1.54, 1.807) is 0 Å². The topological polar surface area (TPSA) is 108 Å². The lowest BCUT2D eigenvalue weighted by Crippen LogP contribution is -2.37. The van der Waals surface area contributed by atoms with Gasteiger partial charge in [-0.25, -0.2) is 4.57 Å². The lowest BCUT2D eigenvalue weighted by atomic mass is 10.1. The highest BCUT2D eigenvalue weighted by Gasteiger charge is 2.27. The van der Waals surface area contributed by atoms with Crippen LogP contribution in [0.3, 0.4) is 0 Å². The molecule has 0 fully saturated rings. The van der Waals surface area contributed by atoms with E-state index in [-0.39, 0.29) is 32.0 Å². The summed E-state index contributed by atoms with van der Waals surface area (Å²) in [6.45, 7) is 4.25. The number of nitrogens with zero attached hydrogens (tertiary/aromatic N) is 1. The number of ether oxygens (including phenoxy) is 2. The quantitative estimate of drug-likeness (QED) is 0.0211. The molecule has 0 heterocycles. The molecular formula is C72H119NO8P+. The molecule has 0 saturated heterocycles. The Hall–Kier alpha value is -4.37. The van der Waals surface area contributed by atoms with Crippen LogP contribution in [0.5, 0.6) is 0 Å². The molecule has 2 unspecified atom stereocenters. The number of carbonyl (C=O) groups excluding carboxylic acids is 2. The standard InChI is InChI=1S/C72H118NO8P/c1-6-8-10-12-14-16-18-20-22-24-26-27-28-29-30-31-32-33-34-35-36-37-38-39-40-41-42-43-44-45-47-49-51-53-55-57-59-61-63-65-72(75)81-70(69-80-82(76,77)79-67-66-73(3,4)5)68-78-71(74)64-62-60-58-56-54-52-50-48-46-25-23-21-19-17-15-13-11-9-7-2/h8,10,14,16,20-23,26-27,29-30,32-33,35-36,38-39,41-42,44-45,49,51,55,57,70H,6-7,9,11-13,15,17-19,24-25,28,31,34,37,40,43,46-48,50,52-54,56,58-69H2,1-5H3/p+1/b10-8-,16-14-,22-20-,23-21-,27-26-,30-29-,33-32-,36-35-,39-38-,42-41-,45-44-,51-49-,57-55-. The number of phosphoric acid groups is 1. The third kappa shape index (κ3) is 64.8. The van der Waals surface area contributed by atoms with Gasteiger partial charge in [0.25, 0.3) is 0 Å². The van der Waals surface area contributed by atoms with E-state index in [2.05, 4.69) is 172 Å². The lowest BCUT2D eigenvalue weighted by molar-refractivity contribution is -0.870. The van der Waals surface area contributed by atoms with E-state index in [1.807, 2.05) is 21.1 Å². The smallest absolute Gasteiger partial charge is 0.462 e. The Labute approximate surface area is 503 Å². The SMILES string of the molecule is CC/C=C\C/C=C\C/C=C\C/C=C\C/C=C\C/C=C\C/C=C\C/C=C\C/C=C\C/C=C\C/C=C\C/C=C\CCCCC(=O)OC(COC(=O)CCCCCCCCCCC/C=C\CCCCCCCC)COP(=O)(O)OCC[N+](C)(C)C. The molecule has 10 heteroatoms. The maximum absolute atomic E-state index is 12.8. The largest absolute Gasteiger partial charge is 0.472 e. The van der Waals surface area contributed by atoms with Crippen LogP contribution in [0.15, 0.2) is 158 Å². The van der Waals surface area contributed by atoms with Crippen LogP contribution >= 0.6 is 7.82 Å². The maximum atomic E-state index is 12.8. The van der Waals surface area contributed by atoms with Gasteiger partial charge in [0.2, 0.25) is 0 Å². The normalized spacial score (nSPS) is 14.3. The fraction of sp³-hybridized carbons (Fsp3) is 0.611. The van der Waals surface area contributed by atoms with Crippen LogP contribution < -0.4 is 0 Å². The van der Waals surface area contributed by atoms with Crippen molar-refractivity contribution >= 4 is 19.8 Å². The molecule has 2 atom stereocenters. The molecule has 0 saturated carbocycles. The molecule has 82 heavy (non-hydrogen) atoms. The lowest BCUT2D eigenvalue weighted by Gasteiger charge is -2.24. The minimum Gasteiger partial charge on any atom is -0.462 e. The van der Waals surface area contributed by atoms with Crippen LogP contribution in [0.4, 0.5) is 0 Å². The molecule has 0 rings (SSSR count). The van der Waals surface area contributed by atoms with Crippen molar-refractivity contribution in [1.29, 1.82) is 0 Å². The average Bonchev–Trinajstić information content (AvgIpc) is 3.46. The van der Waals surface area contributed by atoms with Crippen molar-refractivity contribution in [2.24, 2.45) is 0 Å². The van der Waals surface area contributed by atoms with E-state index in [1.165, 1.54) is 89.9 Å². The van der Waals surface area contributed by atoms with Crippen molar-refractivity contribution in [1.82, 2.24) is 0 Å². The highest BCUT2D eigenvalue weighted by molar-refractivity contribution is 7.47. The summed E-state index contributed by atoms with van der Waals surface area (Å²) in [4.78, 5) is 35.7. The molecule has 0 aliphatic carbocycles. The van der Waals surface area contributed by atoms with Gasteiger partial charge < -0.3 is 18.9 Å². The summed E-state index contributed by atoms with van der Waals surface area (Å²) in [6, 6.07) is 0.